The third kappa shape index (κ3) is 5.09. The van der Waals surface area contributed by atoms with E-state index in [2.05, 4.69) is 15.2 Å². The van der Waals surface area contributed by atoms with Crippen LogP contribution < -0.4 is 0 Å². The molecule has 2 aromatic heterocycles. The van der Waals surface area contributed by atoms with Crippen molar-refractivity contribution in [1.82, 2.24) is 20.1 Å². The van der Waals surface area contributed by atoms with Crippen LogP contribution in [0.1, 0.15) is 17.1 Å². The number of carbonyl (C=O) groups excluding carboxylic acids is 1. The molecule has 0 bridgehead atoms. The molecule has 0 atom stereocenters. The Hall–Kier alpha value is -2.80. The second kappa shape index (κ2) is 8.34. The highest BCUT2D eigenvalue weighted by molar-refractivity contribution is 7.99. The van der Waals surface area contributed by atoms with Gasteiger partial charge >= 0.3 is 0 Å². The Kier molecular flexibility index (Phi) is 5.69. The van der Waals surface area contributed by atoms with Crippen molar-refractivity contribution >= 4 is 29.8 Å². The Balaban J connectivity index is 1.49. The van der Waals surface area contributed by atoms with E-state index in [-0.39, 0.29) is 11.7 Å². The van der Waals surface area contributed by atoms with Crippen LogP contribution in [0, 0.1) is 0 Å². The highest BCUT2D eigenvalue weighted by Gasteiger charge is 2.12. The summed E-state index contributed by atoms with van der Waals surface area (Å²) in [6.07, 6.45) is 5.41. The lowest BCUT2D eigenvalue weighted by molar-refractivity contribution is -0.127. The molecule has 1 N–H and O–H groups in total. The second-order valence-electron chi connectivity index (χ2n) is 5.37. The van der Waals surface area contributed by atoms with Crippen LogP contribution >= 0.6 is 11.8 Å². The van der Waals surface area contributed by atoms with Gasteiger partial charge < -0.3 is 9.32 Å². The van der Waals surface area contributed by atoms with Gasteiger partial charge in [-0.25, -0.2) is 4.98 Å². The van der Waals surface area contributed by atoms with Crippen LogP contribution in [0.5, 0.6) is 0 Å². The average molecular weight is 354 g/mol. The Morgan fingerprint density at radius 2 is 2.08 bits per heavy atom. The van der Waals surface area contributed by atoms with E-state index in [1.54, 1.807) is 24.3 Å². The maximum Gasteiger partial charge on any atom is 0.233 e. The first-order valence-corrected chi connectivity index (χ1v) is 8.74. The molecule has 0 radical (unpaired) electrons. The maximum atomic E-state index is 12.1. The van der Waals surface area contributed by atoms with E-state index in [1.165, 1.54) is 11.8 Å². The largest absolute Gasteiger partial charge is 0.467 e. The summed E-state index contributed by atoms with van der Waals surface area (Å²) in [7, 11) is 1.75. The fourth-order valence-corrected chi connectivity index (χ4v) is 2.84. The summed E-state index contributed by atoms with van der Waals surface area (Å²) >= 11 is 1.30. The van der Waals surface area contributed by atoms with Gasteiger partial charge in [0.05, 0.1) is 18.6 Å². The highest BCUT2D eigenvalue weighted by Crippen LogP contribution is 2.15. The number of rotatable bonds is 7. The quantitative estimate of drug-likeness (QED) is 0.659. The number of hydrogen-bond acceptors (Lipinski definition) is 5. The Bertz CT molecular complexity index is 828. The molecule has 0 fully saturated rings. The highest BCUT2D eigenvalue weighted by atomic mass is 32.2. The Morgan fingerprint density at radius 1 is 1.24 bits per heavy atom. The Morgan fingerprint density at radius 3 is 2.84 bits per heavy atom. The van der Waals surface area contributed by atoms with Gasteiger partial charge in [-0.15, -0.1) is 5.10 Å². The number of H-pyrrole nitrogens is 1. The first-order chi connectivity index (χ1) is 12.2. The zero-order valence-corrected chi connectivity index (χ0v) is 14.6. The van der Waals surface area contributed by atoms with E-state index in [0.717, 1.165) is 11.3 Å². The van der Waals surface area contributed by atoms with E-state index in [1.807, 2.05) is 48.6 Å². The van der Waals surface area contributed by atoms with Gasteiger partial charge in [0.2, 0.25) is 11.1 Å². The normalized spacial score (nSPS) is 11.1. The van der Waals surface area contributed by atoms with Gasteiger partial charge in [0, 0.05) is 7.05 Å². The number of benzene rings is 1. The topological polar surface area (TPSA) is 75.0 Å². The smallest absolute Gasteiger partial charge is 0.233 e. The predicted molar refractivity (Wildman–Crippen MR) is 97.7 cm³/mol. The number of aromatic nitrogens is 3. The molecule has 0 aliphatic carbocycles. The van der Waals surface area contributed by atoms with Crippen LogP contribution in [-0.4, -0.2) is 38.8 Å². The number of hydrogen-bond donors (Lipinski definition) is 1. The molecule has 0 saturated carbocycles. The van der Waals surface area contributed by atoms with E-state index in [0.29, 0.717) is 17.5 Å². The van der Waals surface area contributed by atoms with Crippen molar-refractivity contribution in [2.75, 3.05) is 12.8 Å². The van der Waals surface area contributed by atoms with Crippen molar-refractivity contribution in [1.29, 1.82) is 0 Å². The molecule has 0 unspecified atom stereocenters. The number of thioether (sulfide) groups is 1. The van der Waals surface area contributed by atoms with E-state index in [9.17, 15) is 4.79 Å². The minimum Gasteiger partial charge on any atom is -0.467 e. The number of furan rings is 1. The van der Waals surface area contributed by atoms with Crippen molar-refractivity contribution in [3.63, 3.8) is 0 Å². The molecular weight excluding hydrogens is 336 g/mol. The summed E-state index contributed by atoms with van der Waals surface area (Å²) < 4.78 is 5.25. The predicted octanol–water partition coefficient (Wildman–Crippen LogP) is 3.32. The summed E-state index contributed by atoms with van der Waals surface area (Å²) in [6, 6.07) is 13.6. The molecule has 6 nitrogen and oxygen atoms in total. The van der Waals surface area contributed by atoms with Gasteiger partial charge in [-0.05, 0) is 23.8 Å². The van der Waals surface area contributed by atoms with Crippen molar-refractivity contribution in [2.45, 2.75) is 11.7 Å². The molecule has 2 heterocycles. The average Bonchev–Trinajstić information content (AvgIpc) is 3.30. The standard InChI is InChI=1S/C18H18N4O2S/c1-22(12-15-8-5-11-24-15)17(23)13-25-18-19-16(20-21-18)10-9-14-6-3-2-4-7-14/h2-11H,12-13H2,1H3,(H,19,20,21)/b10-9+. The summed E-state index contributed by atoms with van der Waals surface area (Å²) in [5.41, 5.74) is 1.09. The minimum absolute atomic E-state index is 0.00687. The Labute approximate surface area is 150 Å². The molecular formula is C18H18N4O2S. The van der Waals surface area contributed by atoms with Gasteiger partial charge in [-0.2, -0.15) is 0 Å². The van der Waals surface area contributed by atoms with Crippen LogP contribution in [-0.2, 0) is 11.3 Å². The molecule has 0 saturated heterocycles. The van der Waals surface area contributed by atoms with Crippen LogP contribution in [0.25, 0.3) is 12.2 Å². The van der Waals surface area contributed by atoms with Crippen LogP contribution in [0.2, 0.25) is 0 Å². The monoisotopic (exact) mass is 354 g/mol. The van der Waals surface area contributed by atoms with Gasteiger partial charge in [0.15, 0.2) is 0 Å². The van der Waals surface area contributed by atoms with Crippen molar-refractivity contribution < 1.29 is 9.21 Å². The summed E-state index contributed by atoms with van der Waals surface area (Å²) in [6.45, 7) is 0.450. The van der Waals surface area contributed by atoms with E-state index in [4.69, 9.17) is 4.42 Å². The van der Waals surface area contributed by atoms with Gasteiger partial charge in [0.1, 0.15) is 11.6 Å². The molecule has 0 spiro atoms. The summed E-state index contributed by atoms with van der Waals surface area (Å²) in [5, 5.41) is 7.53. The molecule has 128 valence electrons. The fourth-order valence-electron chi connectivity index (χ4n) is 2.10. The number of amides is 1. The van der Waals surface area contributed by atoms with Crippen LogP contribution in [0.3, 0.4) is 0 Å². The van der Waals surface area contributed by atoms with Crippen LogP contribution in [0.15, 0.2) is 58.3 Å². The zero-order valence-electron chi connectivity index (χ0n) is 13.8. The lowest BCUT2D eigenvalue weighted by Gasteiger charge is -2.14. The molecule has 0 aliphatic rings. The van der Waals surface area contributed by atoms with Gasteiger partial charge in [-0.1, -0.05) is 48.2 Å². The molecule has 1 aromatic carbocycles. The molecule has 3 rings (SSSR count). The number of carbonyl (C=O) groups is 1. The molecule has 3 aromatic rings. The fraction of sp³-hybridized carbons (Fsp3) is 0.167. The number of nitrogens with zero attached hydrogens (tertiary/aromatic N) is 3. The first kappa shape index (κ1) is 17.0. The maximum absolute atomic E-state index is 12.1. The number of nitrogens with one attached hydrogen (secondary N) is 1. The zero-order chi connectivity index (χ0) is 17.5. The molecule has 25 heavy (non-hydrogen) atoms. The van der Waals surface area contributed by atoms with Gasteiger partial charge in [-0.3, -0.25) is 9.89 Å². The van der Waals surface area contributed by atoms with Crippen LogP contribution in [0.4, 0.5) is 0 Å². The lowest BCUT2D eigenvalue weighted by atomic mass is 10.2. The number of aromatic amines is 1. The SMILES string of the molecule is CN(Cc1ccco1)C(=O)CSc1n[nH]c(/C=C/c2ccccc2)n1. The minimum atomic E-state index is -0.00687. The second-order valence-corrected chi connectivity index (χ2v) is 6.31. The summed E-state index contributed by atoms with van der Waals surface area (Å²) in [4.78, 5) is 18.1. The molecule has 7 heteroatoms. The van der Waals surface area contributed by atoms with E-state index < -0.39 is 0 Å². The summed E-state index contributed by atoms with van der Waals surface area (Å²) in [5.74, 6) is 1.68. The molecule has 1 amide bonds. The molecule has 0 aliphatic heterocycles. The van der Waals surface area contributed by atoms with Crippen molar-refractivity contribution in [2.24, 2.45) is 0 Å². The third-order valence-electron chi connectivity index (χ3n) is 3.44. The van der Waals surface area contributed by atoms with Gasteiger partial charge in [0.25, 0.3) is 0 Å². The van der Waals surface area contributed by atoms with Crippen molar-refractivity contribution in [3.8, 4) is 0 Å². The third-order valence-corrected chi connectivity index (χ3v) is 4.27. The first-order valence-electron chi connectivity index (χ1n) is 7.75. The lowest BCUT2D eigenvalue weighted by Crippen LogP contribution is -2.27. The van der Waals surface area contributed by atoms with Crippen molar-refractivity contribution in [3.05, 3.63) is 65.9 Å². The van der Waals surface area contributed by atoms with E-state index >= 15 is 0 Å².